The molecule has 0 aliphatic carbocycles. The molecule has 0 unspecified atom stereocenters. The number of hydrogen-bond acceptors (Lipinski definition) is 29. The van der Waals surface area contributed by atoms with Crippen molar-refractivity contribution < 1.29 is 100.0 Å². The van der Waals surface area contributed by atoms with Gasteiger partial charge in [0.05, 0.1) is 67.6 Å². The number of azo groups is 3. The summed E-state index contributed by atoms with van der Waals surface area (Å²) in [6.45, 7) is 0. The van der Waals surface area contributed by atoms with Gasteiger partial charge in [-0.2, -0.15) is 31.7 Å². The van der Waals surface area contributed by atoms with Gasteiger partial charge in [0, 0.05) is 17.0 Å². The van der Waals surface area contributed by atoms with Crippen molar-refractivity contribution >= 4 is 113 Å². The summed E-state index contributed by atoms with van der Waals surface area (Å²) in [5.41, 5.74) is -5.12. The minimum absolute atomic E-state index is 0.0833. The van der Waals surface area contributed by atoms with Crippen LogP contribution in [0.2, 0.25) is 0 Å². The van der Waals surface area contributed by atoms with E-state index in [1.165, 1.54) is 24.3 Å². The van der Waals surface area contributed by atoms with E-state index in [9.17, 15) is 61.3 Å². The molecular weight excluding hydrogens is 1020 g/mol. The van der Waals surface area contributed by atoms with E-state index >= 15 is 0 Å². The first-order chi connectivity index (χ1) is 32.3. The van der Waals surface area contributed by atoms with E-state index in [4.69, 9.17) is 15.8 Å². The number of nitrogens with zero attached hydrogens (tertiary/aromatic N) is 9. The van der Waals surface area contributed by atoms with Gasteiger partial charge in [-0.05, 0) is 66.0 Å². The Morgan fingerprint density at radius 2 is 1.24 bits per heavy atom. The first-order valence-electron chi connectivity index (χ1n) is 17.1. The molecule has 0 saturated carbocycles. The number of carboxylic acid groups (broad SMARTS) is 1. The normalized spacial score (nSPS) is 12.3. The molecule has 0 aliphatic heterocycles. The molecule has 1 heterocycles. The Kier molecular flexibility index (Phi) is 15.9. The lowest BCUT2D eigenvalue weighted by molar-refractivity contribution is -0.432. The number of nitro benzene ring substituents is 1. The highest BCUT2D eigenvalue weighted by Crippen LogP contribution is 2.52. The van der Waals surface area contributed by atoms with Crippen LogP contribution in [0.3, 0.4) is 0 Å². The number of phenolic OH excluding ortho intramolecular Hbond substituents is 2. The Morgan fingerprint density at radius 3 is 1.85 bits per heavy atom. The van der Waals surface area contributed by atoms with Gasteiger partial charge in [0.2, 0.25) is 11.6 Å². The number of rotatable bonds is 20. The van der Waals surface area contributed by atoms with E-state index in [2.05, 4.69) is 63.9 Å². The highest BCUT2D eigenvalue weighted by atomic mass is 32.2. The summed E-state index contributed by atoms with van der Waals surface area (Å²) in [5.74, 6) is -4.82. The number of benzene rings is 5. The summed E-state index contributed by atoms with van der Waals surface area (Å²) in [6, 6.07) is 12.6. The Morgan fingerprint density at radius 1 is 0.662 bits per heavy atom. The van der Waals surface area contributed by atoms with Gasteiger partial charge in [-0.3, -0.25) is 19.2 Å². The molecule has 0 radical (unpaired) electrons. The molecule has 31 nitrogen and oxygen atoms in total. The number of carbonyl (C=O) groups is 1. The predicted molar refractivity (Wildman–Crippen MR) is 223 cm³/mol. The van der Waals surface area contributed by atoms with Crippen LogP contribution < -0.4 is 0 Å². The van der Waals surface area contributed by atoms with Crippen LogP contribution in [0, 0.1) is 10.1 Å². The van der Waals surface area contributed by atoms with E-state index in [0.29, 0.717) is 29.1 Å². The molecule has 6 rings (SSSR count). The number of fused-ring (bicyclic) bond motifs is 1. The van der Waals surface area contributed by atoms with E-state index in [0.717, 1.165) is 41.1 Å². The molecule has 68 heavy (non-hydrogen) atoms. The van der Waals surface area contributed by atoms with E-state index in [-0.39, 0.29) is 40.4 Å². The van der Waals surface area contributed by atoms with Crippen LogP contribution in [0.1, 0.15) is 10.5 Å². The second-order valence-electron chi connectivity index (χ2n) is 12.3. The summed E-state index contributed by atoms with van der Waals surface area (Å²) < 4.78 is 84.3. The van der Waals surface area contributed by atoms with Crippen LogP contribution >= 0.6 is 36.1 Å². The Balaban J connectivity index is 1.43. The average molecular weight is 1040 g/mol. The summed E-state index contributed by atoms with van der Waals surface area (Å²) >= 11 is 0.872. The fourth-order valence-corrected chi connectivity index (χ4v) is 8.09. The Hall–Kier alpha value is -6.85. The number of aromatic hydroxyl groups is 3. The highest BCUT2D eigenvalue weighted by Gasteiger charge is 2.28. The third-order valence-electron chi connectivity index (χ3n) is 8.27. The van der Waals surface area contributed by atoms with Crippen molar-refractivity contribution in [2.75, 3.05) is 0 Å². The van der Waals surface area contributed by atoms with Gasteiger partial charge in [-0.1, -0.05) is 15.1 Å². The van der Waals surface area contributed by atoms with Crippen LogP contribution in [-0.2, 0) is 48.4 Å². The zero-order valence-electron chi connectivity index (χ0n) is 32.3. The smallest absolute Gasteiger partial charge is 0.358 e. The zero-order valence-corrected chi connectivity index (χ0v) is 36.4. The molecule has 1 aromatic heterocycles. The maximum absolute atomic E-state index is 12.6. The standard InChI is InChI=1S/C32H21N9O22S5/c42-29-24-13(10-23(68(55,56)57)26(30(24)43)37-34-18-8-4-16(41(47)48)12-20(18)65-62-59-50)9-21(66-63-60-51)25(29)36-35-19-7-1-14(11-22(19)67(52,53)54)33-38-27-28(32(45)46)39-40(31(27)44)15-2-5-17(6-3-15)64-61-58-49/h1-12,42-44,49-51H,(H,45,46)(H,52,53,54)(H,55,56,57). The molecule has 0 bridgehead atoms. The van der Waals surface area contributed by atoms with Crippen LogP contribution in [0.4, 0.5) is 39.8 Å². The molecule has 0 saturated heterocycles. The van der Waals surface area contributed by atoms with Crippen LogP contribution in [0.15, 0.2) is 128 Å². The van der Waals surface area contributed by atoms with Crippen LogP contribution in [0.5, 0.6) is 17.4 Å². The Labute approximate surface area is 388 Å². The van der Waals surface area contributed by atoms with Crippen molar-refractivity contribution in [2.24, 2.45) is 30.7 Å². The van der Waals surface area contributed by atoms with E-state index in [1.807, 2.05) is 0 Å². The molecule has 356 valence electrons. The largest absolute Gasteiger partial charge is 0.505 e. The Bertz CT molecular complexity index is 3270. The fourth-order valence-electron chi connectivity index (χ4n) is 5.47. The second kappa shape index (κ2) is 21.4. The molecule has 0 fully saturated rings. The third kappa shape index (κ3) is 11.5. The van der Waals surface area contributed by atoms with Crippen molar-refractivity contribution in [3.8, 4) is 23.1 Å². The summed E-state index contributed by atoms with van der Waals surface area (Å²) in [7, 11) is -10.6. The number of nitro groups is 1. The lowest BCUT2D eigenvalue weighted by Gasteiger charge is -2.13. The monoisotopic (exact) mass is 1040 g/mol. The number of aromatic carboxylic acids is 1. The minimum atomic E-state index is -5.32. The average Bonchev–Trinajstić information content (AvgIpc) is 3.63. The lowest BCUT2D eigenvalue weighted by Crippen LogP contribution is -2.01. The molecular formula is C32H21N9O22S5. The van der Waals surface area contributed by atoms with Gasteiger partial charge >= 0.3 is 5.97 Å². The number of phenols is 2. The number of hydrogen-bond donors (Lipinski definition) is 9. The number of non-ortho nitro benzene ring substituents is 1. The maximum atomic E-state index is 12.6. The molecule has 0 aliphatic rings. The van der Waals surface area contributed by atoms with Crippen molar-refractivity contribution in [3.05, 3.63) is 88.6 Å². The van der Waals surface area contributed by atoms with Crippen molar-refractivity contribution in [1.82, 2.24) is 9.78 Å². The maximum Gasteiger partial charge on any atom is 0.358 e. The van der Waals surface area contributed by atoms with Gasteiger partial charge < -0.3 is 20.4 Å². The molecule has 5 aromatic carbocycles. The van der Waals surface area contributed by atoms with Crippen LogP contribution in [0.25, 0.3) is 16.5 Å². The summed E-state index contributed by atoms with van der Waals surface area (Å²) in [4.78, 5) is 20.1. The lowest BCUT2D eigenvalue weighted by atomic mass is 10.1. The molecule has 36 heteroatoms. The van der Waals surface area contributed by atoms with Crippen molar-refractivity contribution in [3.63, 3.8) is 0 Å². The molecule has 0 spiro atoms. The SMILES string of the molecule is O=C(O)c1nn(-c2ccc(SOOO)cc2)c(O)c1N=Nc1ccc(N=Nc2c(SOOO)cc3cc(S(=O)(=O)O)c(N=Nc4ccc([N+](=O)[O-])cc4SOOO)c(O)c3c2O)c(S(=O)(=O)O)c1. The predicted octanol–water partition coefficient (Wildman–Crippen LogP) is 8.77. The zero-order chi connectivity index (χ0) is 49.5. The first kappa shape index (κ1) is 50.6. The van der Waals surface area contributed by atoms with Gasteiger partial charge in [0.15, 0.2) is 17.2 Å². The van der Waals surface area contributed by atoms with Gasteiger partial charge in [0.1, 0.15) is 32.5 Å². The van der Waals surface area contributed by atoms with Crippen molar-refractivity contribution in [1.29, 1.82) is 0 Å². The fraction of sp³-hybridized carbons (Fsp3) is 0. The second-order valence-corrected chi connectivity index (χ2v) is 17.3. The minimum Gasteiger partial charge on any atom is -0.505 e. The number of aromatic nitrogens is 2. The van der Waals surface area contributed by atoms with E-state index < -0.39 is 114 Å². The molecule has 6 aromatic rings. The first-order valence-corrected chi connectivity index (χ1v) is 22.2. The van der Waals surface area contributed by atoms with Crippen molar-refractivity contribution in [2.45, 2.75) is 24.5 Å². The third-order valence-corrected chi connectivity index (χ3v) is 11.9. The molecule has 0 atom stereocenters. The summed E-state index contributed by atoms with van der Waals surface area (Å²) in [6.07, 6.45) is 0. The van der Waals surface area contributed by atoms with Gasteiger partial charge in [0.25, 0.3) is 25.9 Å². The van der Waals surface area contributed by atoms with E-state index in [1.54, 1.807) is 0 Å². The van der Waals surface area contributed by atoms with Gasteiger partial charge in [-0.25, -0.2) is 20.6 Å². The quantitative estimate of drug-likeness (QED) is 0.00860. The highest BCUT2D eigenvalue weighted by molar-refractivity contribution is 7.95. The molecule has 9 N–H and O–H groups in total. The van der Waals surface area contributed by atoms with Gasteiger partial charge in [-0.15, -0.1) is 38.6 Å². The summed E-state index contributed by atoms with van der Waals surface area (Å²) in [5, 5.41) is 116. The topological polar surface area (TPSA) is 458 Å². The van der Waals surface area contributed by atoms with Crippen LogP contribution in [-0.4, -0.2) is 82.8 Å². The molecule has 0 amide bonds. The number of carboxylic acids is 1.